The van der Waals surface area contributed by atoms with Crippen LogP contribution in [0.25, 0.3) is 0 Å². The maximum absolute atomic E-state index is 13.4. The Labute approximate surface area is 97.3 Å². The summed E-state index contributed by atoms with van der Waals surface area (Å²) in [5.41, 5.74) is -1.38. The Hall–Kier alpha value is -0.820. The molecule has 7 heteroatoms. The summed E-state index contributed by atoms with van der Waals surface area (Å²) in [4.78, 5) is 0. The van der Waals surface area contributed by atoms with E-state index in [1.165, 1.54) is 7.11 Å². The van der Waals surface area contributed by atoms with Crippen LogP contribution in [0.4, 0.5) is 17.6 Å². The van der Waals surface area contributed by atoms with E-state index in [9.17, 15) is 17.6 Å². The van der Waals surface area contributed by atoms with Gasteiger partial charge >= 0.3 is 6.18 Å². The SMILES string of the molecule is COCOc1cc(Br)cc(C(F)(F)F)c1F. The van der Waals surface area contributed by atoms with Crippen molar-refractivity contribution in [3.63, 3.8) is 0 Å². The zero-order valence-electron chi connectivity index (χ0n) is 8.07. The van der Waals surface area contributed by atoms with Gasteiger partial charge in [-0.25, -0.2) is 4.39 Å². The third-order valence-electron chi connectivity index (χ3n) is 1.64. The van der Waals surface area contributed by atoms with E-state index in [2.05, 4.69) is 25.4 Å². The first-order valence-electron chi connectivity index (χ1n) is 4.04. The summed E-state index contributed by atoms with van der Waals surface area (Å²) >= 11 is 2.84. The number of methoxy groups -OCH3 is 1. The summed E-state index contributed by atoms with van der Waals surface area (Å²) in [6, 6.07) is 1.75. The van der Waals surface area contributed by atoms with Crippen LogP contribution in [0.3, 0.4) is 0 Å². The first kappa shape index (κ1) is 13.2. The molecule has 0 radical (unpaired) electrons. The second-order valence-electron chi connectivity index (χ2n) is 2.81. The summed E-state index contributed by atoms with van der Waals surface area (Å²) in [7, 11) is 1.28. The van der Waals surface area contributed by atoms with Crippen LogP contribution in [-0.2, 0) is 10.9 Å². The minimum atomic E-state index is -4.76. The first-order chi connectivity index (χ1) is 7.36. The fourth-order valence-corrected chi connectivity index (χ4v) is 1.43. The number of ether oxygens (including phenoxy) is 2. The van der Waals surface area contributed by atoms with Crippen molar-refractivity contribution in [2.24, 2.45) is 0 Å². The second kappa shape index (κ2) is 5.01. The van der Waals surface area contributed by atoms with E-state index in [-0.39, 0.29) is 11.3 Å². The lowest BCUT2D eigenvalue weighted by Crippen LogP contribution is -2.10. The highest BCUT2D eigenvalue weighted by atomic mass is 79.9. The highest BCUT2D eigenvalue weighted by molar-refractivity contribution is 9.10. The molecule has 0 bridgehead atoms. The van der Waals surface area contributed by atoms with E-state index in [1.807, 2.05) is 0 Å². The van der Waals surface area contributed by atoms with Crippen molar-refractivity contribution in [3.8, 4) is 5.75 Å². The minimum Gasteiger partial charge on any atom is -0.464 e. The molecule has 0 amide bonds. The predicted octanol–water partition coefficient (Wildman–Crippen LogP) is 3.59. The summed E-state index contributed by atoms with van der Waals surface area (Å²) in [5.74, 6) is -1.96. The molecule has 0 aromatic heterocycles. The Bertz CT molecular complexity index is 379. The fourth-order valence-electron chi connectivity index (χ4n) is 0.998. The van der Waals surface area contributed by atoms with Gasteiger partial charge in [-0.05, 0) is 12.1 Å². The quantitative estimate of drug-likeness (QED) is 0.627. The molecule has 2 nitrogen and oxygen atoms in total. The van der Waals surface area contributed by atoms with E-state index in [4.69, 9.17) is 0 Å². The molecule has 0 unspecified atom stereocenters. The zero-order valence-corrected chi connectivity index (χ0v) is 9.65. The van der Waals surface area contributed by atoms with Crippen LogP contribution in [0.1, 0.15) is 5.56 Å². The molecule has 1 rings (SSSR count). The summed E-state index contributed by atoms with van der Waals surface area (Å²) in [6.45, 7) is -0.329. The van der Waals surface area contributed by atoms with Crippen molar-refractivity contribution in [1.82, 2.24) is 0 Å². The van der Waals surface area contributed by atoms with Gasteiger partial charge in [-0.2, -0.15) is 13.2 Å². The highest BCUT2D eigenvalue weighted by Gasteiger charge is 2.36. The molecular formula is C9H7BrF4O2. The molecule has 0 spiro atoms. The third kappa shape index (κ3) is 3.08. The van der Waals surface area contributed by atoms with E-state index in [0.29, 0.717) is 6.07 Å². The Morgan fingerprint density at radius 1 is 1.31 bits per heavy atom. The van der Waals surface area contributed by atoms with Crippen molar-refractivity contribution in [1.29, 1.82) is 0 Å². The maximum atomic E-state index is 13.4. The van der Waals surface area contributed by atoms with Crippen LogP contribution in [-0.4, -0.2) is 13.9 Å². The molecular weight excluding hydrogens is 296 g/mol. The van der Waals surface area contributed by atoms with Gasteiger partial charge in [0.15, 0.2) is 18.4 Å². The molecule has 0 aliphatic carbocycles. The molecule has 0 saturated heterocycles. The lowest BCUT2D eigenvalue weighted by molar-refractivity contribution is -0.140. The van der Waals surface area contributed by atoms with Crippen LogP contribution in [0.2, 0.25) is 0 Å². The zero-order chi connectivity index (χ0) is 12.3. The van der Waals surface area contributed by atoms with Gasteiger partial charge in [0.25, 0.3) is 0 Å². The van der Waals surface area contributed by atoms with Crippen molar-refractivity contribution in [2.75, 3.05) is 13.9 Å². The highest BCUT2D eigenvalue weighted by Crippen LogP contribution is 2.37. The fraction of sp³-hybridized carbons (Fsp3) is 0.333. The largest absolute Gasteiger partial charge is 0.464 e. The minimum absolute atomic E-state index is 0.0762. The molecule has 0 aliphatic heterocycles. The van der Waals surface area contributed by atoms with Crippen molar-refractivity contribution in [3.05, 3.63) is 28.0 Å². The van der Waals surface area contributed by atoms with Gasteiger partial charge in [-0.3, -0.25) is 0 Å². The standard InChI is InChI=1S/C9H7BrF4O2/c1-15-4-16-7-3-5(10)2-6(8(7)11)9(12,13)14/h2-3H,4H2,1H3. The topological polar surface area (TPSA) is 18.5 Å². The summed E-state index contributed by atoms with van der Waals surface area (Å²) in [5, 5.41) is 0. The van der Waals surface area contributed by atoms with Gasteiger partial charge in [-0.15, -0.1) is 0 Å². The van der Waals surface area contributed by atoms with Crippen molar-refractivity contribution in [2.45, 2.75) is 6.18 Å². The van der Waals surface area contributed by atoms with Gasteiger partial charge in [0.05, 0.1) is 5.56 Å². The lowest BCUT2D eigenvalue weighted by atomic mass is 10.2. The number of halogens is 5. The van der Waals surface area contributed by atoms with E-state index >= 15 is 0 Å². The molecule has 1 aromatic carbocycles. The number of rotatable bonds is 3. The number of alkyl halides is 3. The van der Waals surface area contributed by atoms with Crippen LogP contribution < -0.4 is 4.74 Å². The van der Waals surface area contributed by atoms with Crippen LogP contribution in [0.15, 0.2) is 16.6 Å². The molecule has 0 atom stereocenters. The maximum Gasteiger partial charge on any atom is 0.419 e. The number of benzene rings is 1. The van der Waals surface area contributed by atoms with Crippen molar-refractivity contribution < 1.29 is 27.0 Å². The third-order valence-corrected chi connectivity index (χ3v) is 2.10. The second-order valence-corrected chi connectivity index (χ2v) is 3.73. The molecule has 1 aromatic rings. The van der Waals surface area contributed by atoms with Gasteiger partial charge in [0.2, 0.25) is 0 Å². The summed E-state index contributed by atoms with van der Waals surface area (Å²) in [6.07, 6.45) is -4.76. The van der Waals surface area contributed by atoms with Gasteiger partial charge < -0.3 is 9.47 Å². The molecule has 0 heterocycles. The van der Waals surface area contributed by atoms with Crippen molar-refractivity contribution >= 4 is 15.9 Å². The van der Waals surface area contributed by atoms with E-state index in [1.54, 1.807) is 0 Å². The van der Waals surface area contributed by atoms with Gasteiger partial charge in [0.1, 0.15) is 0 Å². The van der Waals surface area contributed by atoms with Gasteiger partial charge in [-0.1, -0.05) is 15.9 Å². The lowest BCUT2D eigenvalue weighted by Gasteiger charge is -2.12. The van der Waals surface area contributed by atoms with Crippen LogP contribution >= 0.6 is 15.9 Å². The Morgan fingerprint density at radius 3 is 2.44 bits per heavy atom. The molecule has 16 heavy (non-hydrogen) atoms. The predicted molar refractivity (Wildman–Crippen MR) is 51.6 cm³/mol. The van der Waals surface area contributed by atoms with Crippen LogP contribution in [0, 0.1) is 5.82 Å². The number of hydrogen-bond acceptors (Lipinski definition) is 2. The molecule has 0 fully saturated rings. The van der Waals surface area contributed by atoms with E-state index in [0.717, 1.165) is 6.07 Å². The summed E-state index contributed by atoms with van der Waals surface area (Å²) < 4.78 is 59.7. The molecule has 90 valence electrons. The Balaban J connectivity index is 3.16. The monoisotopic (exact) mass is 302 g/mol. The molecule has 0 aliphatic rings. The average Bonchev–Trinajstić information content (AvgIpc) is 2.17. The first-order valence-corrected chi connectivity index (χ1v) is 4.83. The Kier molecular flexibility index (Phi) is 4.15. The Morgan fingerprint density at radius 2 is 1.94 bits per heavy atom. The van der Waals surface area contributed by atoms with Gasteiger partial charge in [0, 0.05) is 11.6 Å². The van der Waals surface area contributed by atoms with E-state index < -0.39 is 23.3 Å². The smallest absolute Gasteiger partial charge is 0.419 e. The average molecular weight is 303 g/mol. The molecule has 0 saturated carbocycles. The number of hydrogen-bond donors (Lipinski definition) is 0. The molecule has 0 N–H and O–H groups in total. The van der Waals surface area contributed by atoms with Crippen LogP contribution in [0.5, 0.6) is 5.75 Å². The normalized spacial score (nSPS) is 11.6.